The van der Waals surface area contributed by atoms with E-state index in [1.807, 2.05) is 62.4 Å². The van der Waals surface area contributed by atoms with E-state index in [4.69, 9.17) is 23.2 Å². The fourth-order valence-electron chi connectivity index (χ4n) is 11.1. The molecule has 61 heavy (non-hydrogen) atoms. The number of Topliss-reactive ketones (excluding diaryl/α,β-unsaturated/α-hetero) is 2. The zero-order valence-electron chi connectivity index (χ0n) is 32.8. The van der Waals surface area contributed by atoms with E-state index >= 15 is 9.59 Å². The Morgan fingerprint density at radius 3 is 1.39 bits per heavy atom. The summed E-state index contributed by atoms with van der Waals surface area (Å²) in [4.78, 5) is 63.2. The van der Waals surface area contributed by atoms with Crippen LogP contribution in [0.2, 0.25) is 10.0 Å². The van der Waals surface area contributed by atoms with Gasteiger partial charge in [-0.05, 0) is 69.5 Å². The van der Waals surface area contributed by atoms with Gasteiger partial charge in [-0.15, -0.1) is 0 Å². The number of hydrogen-bond acceptors (Lipinski definition) is 8. The highest BCUT2D eigenvalue weighted by atomic mass is 35.5. The molecule has 12 rings (SSSR count). The summed E-state index contributed by atoms with van der Waals surface area (Å²) in [6.45, 7) is 4.44. The summed E-state index contributed by atoms with van der Waals surface area (Å²) in [5.74, 6) is 0.0895. The van der Waals surface area contributed by atoms with Crippen molar-refractivity contribution < 1.29 is 19.2 Å². The van der Waals surface area contributed by atoms with Gasteiger partial charge < -0.3 is 20.4 Å². The summed E-state index contributed by atoms with van der Waals surface area (Å²) in [6.07, 6.45) is 1.85. The number of halogens is 2. The van der Waals surface area contributed by atoms with E-state index < -0.39 is 10.8 Å². The molecule has 2 unspecified atom stereocenters. The summed E-state index contributed by atoms with van der Waals surface area (Å²) in [6, 6.07) is 25.6. The molecule has 2 atom stereocenters. The minimum absolute atomic E-state index is 0.211. The van der Waals surface area contributed by atoms with Gasteiger partial charge in [-0.3, -0.25) is 29.4 Å². The van der Waals surface area contributed by atoms with Gasteiger partial charge >= 0.3 is 0 Å². The topological polar surface area (TPSA) is 156 Å². The second-order valence-electron chi connectivity index (χ2n) is 16.4. The number of aryl methyl sites for hydroxylation is 2. The van der Waals surface area contributed by atoms with Crippen LogP contribution in [0.25, 0.3) is 11.4 Å². The Bertz CT molecular complexity index is 2940. The van der Waals surface area contributed by atoms with Crippen LogP contribution in [-0.2, 0) is 20.4 Å². The number of fused-ring (bicyclic) bond motifs is 14. The van der Waals surface area contributed by atoms with Gasteiger partial charge in [0, 0.05) is 102 Å². The average molecular weight is 846 g/mol. The lowest BCUT2D eigenvalue weighted by molar-refractivity contribution is -0.121. The molecule has 4 aliphatic heterocycles. The van der Waals surface area contributed by atoms with Crippen molar-refractivity contribution in [2.75, 3.05) is 33.5 Å². The number of nitrogens with zero attached hydrogens (tertiary/aromatic N) is 4. The number of carbonyl (C=O) groups excluding carboxylic acids is 4. The van der Waals surface area contributed by atoms with Crippen molar-refractivity contribution in [3.63, 3.8) is 0 Å². The van der Waals surface area contributed by atoms with Gasteiger partial charge in [-0.25, -0.2) is 0 Å². The lowest BCUT2D eigenvalue weighted by Gasteiger charge is -2.35. The minimum atomic E-state index is -1.48. The minimum Gasteiger partial charge on any atom is -0.338 e. The monoisotopic (exact) mass is 844 g/mol. The van der Waals surface area contributed by atoms with E-state index in [-0.39, 0.29) is 23.4 Å². The first-order valence-corrected chi connectivity index (χ1v) is 21.0. The predicted molar refractivity (Wildman–Crippen MR) is 232 cm³/mol. The number of anilines is 4. The second kappa shape index (κ2) is 12.4. The second-order valence-corrected chi connectivity index (χ2v) is 17.3. The Labute approximate surface area is 358 Å². The number of rotatable bonds is 6. The van der Waals surface area contributed by atoms with Crippen LogP contribution in [0.1, 0.15) is 84.7 Å². The summed E-state index contributed by atoms with van der Waals surface area (Å²) in [5, 5.41) is 22.9. The molecule has 4 aromatic carbocycles. The first-order valence-electron chi connectivity index (χ1n) is 20.2. The summed E-state index contributed by atoms with van der Waals surface area (Å²) in [7, 11) is 0. The number of carbonyl (C=O) groups is 4. The number of benzene rings is 4. The van der Waals surface area contributed by atoms with Crippen molar-refractivity contribution >= 4 is 81.0 Å². The number of hydrogen-bond donors (Lipinski definition) is 4. The SMILES string of the molecule is Cc1[nH]nc2c1C1(C(=O)N(CCCCCN3C(=O)C4(C5=C(Nc6n[nH]c(C)c64)c4ccccc4C5=O)c4cc(Cl)ccc43)c3ccc(Cl)cc31)C1=C(N2)c2ccccc2C1=O. The standard InChI is InChI=1S/C47H34Cl2N8O4/c1-22-34-42(54-52-22)50-38-26-10-4-6-12-28(26)40(58)36(38)46(34)30-20-24(48)14-16-32(30)56(44(46)60)18-8-3-9-19-57-33-17-15-25(49)21-31(33)47(45(57)61)35-23(2)53-55-43(35)51-39-27-11-5-7-13-29(27)41(59)37(39)47/h4-7,10-17,20-21H,3,8-9,18-19H2,1-2H3,(H2,50,52,54)(H2,51,53,55). The molecule has 0 fully saturated rings. The smallest absolute Gasteiger partial charge is 0.247 e. The zero-order valence-corrected chi connectivity index (χ0v) is 34.3. The van der Waals surface area contributed by atoms with Gasteiger partial charge in [0.05, 0.1) is 11.4 Å². The largest absolute Gasteiger partial charge is 0.338 e. The molecule has 2 aromatic heterocycles. The van der Waals surface area contributed by atoms with E-state index in [0.29, 0.717) is 133 Å². The first-order chi connectivity index (χ1) is 29.6. The molecule has 6 aromatic rings. The third kappa shape index (κ3) is 4.35. The van der Waals surface area contributed by atoms with Crippen LogP contribution < -0.4 is 20.4 Å². The number of unbranched alkanes of at least 4 members (excludes halogenated alkanes) is 2. The molecular formula is C47H34Cl2N8O4. The number of H-pyrrole nitrogens is 2. The normalized spacial score (nSPS) is 21.1. The number of aromatic amines is 2. The van der Waals surface area contributed by atoms with Gasteiger partial charge in [-0.2, -0.15) is 10.2 Å². The Kier molecular flexibility index (Phi) is 7.34. The molecule has 12 nitrogen and oxygen atoms in total. The summed E-state index contributed by atoms with van der Waals surface area (Å²) < 4.78 is 0. The van der Waals surface area contributed by atoms with E-state index in [9.17, 15) is 9.59 Å². The van der Waals surface area contributed by atoms with Crippen LogP contribution in [0.15, 0.2) is 96.1 Å². The quantitative estimate of drug-likeness (QED) is 0.122. The predicted octanol–water partition coefficient (Wildman–Crippen LogP) is 8.26. The molecule has 6 aliphatic rings. The third-order valence-corrected chi connectivity index (χ3v) is 13.9. The van der Waals surface area contributed by atoms with E-state index in [1.54, 1.807) is 46.2 Å². The van der Waals surface area contributed by atoms with Crippen molar-refractivity contribution in [1.82, 2.24) is 20.4 Å². The molecule has 14 heteroatoms. The average Bonchev–Trinajstić information content (AvgIpc) is 4.07. The molecule has 6 heterocycles. The van der Waals surface area contributed by atoms with E-state index in [2.05, 4.69) is 31.0 Å². The van der Waals surface area contributed by atoms with Gasteiger partial charge in [-0.1, -0.05) is 71.7 Å². The lowest BCUT2D eigenvalue weighted by atomic mass is 9.67. The maximum absolute atomic E-state index is 15.4. The van der Waals surface area contributed by atoms with E-state index in [0.717, 1.165) is 11.1 Å². The highest BCUT2D eigenvalue weighted by molar-refractivity contribution is 6.35. The Hall–Kier alpha value is -6.76. The molecule has 2 spiro atoms. The van der Waals surface area contributed by atoms with Crippen LogP contribution in [0, 0.1) is 13.8 Å². The highest BCUT2D eigenvalue weighted by Gasteiger charge is 2.64. The summed E-state index contributed by atoms with van der Waals surface area (Å²) in [5.41, 5.74) is 6.67. The van der Waals surface area contributed by atoms with E-state index in [1.165, 1.54) is 0 Å². The van der Waals surface area contributed by atoms with Gasteiger partial charge in [0.15, 0.2) is 23.2 Å². The third-order valence-electron chi connectivity index (χ3n) is 13.4. The lowest BCUT2D eigenvalue weighted by Crippen LogP contribution is -2.47. The molecule has 0 radical (unpaired) electrons. The van der Waals surface area contributed by atoms with Crippen molar-refractivity contribution in [3.8, 4) is 0 Å². The molecular weight excluding hydrogens is 811 g/mol. The van der Waals surface area contributed by atoms with Gasteiger partial charge in [0.1, 0.15) is 10.8 Å². The Balaban J connectivity index is 0.866. The maximum atomic E-state index is 15.4. The van der Waals surface area contributed by atoms with Crippen molar-refractivity contribution in [3.05, 3.63) is 162 Å². The van der Waals surface area contributed by atoms with Gasteiger partial charge in [0.2, 0.25) is 11.8 Å². The first kappa shape index (κ1) is 36.1. The number of nitrogens with one attached hydrogen (secondary N) is 4. The number of aromatic nitrogens is 4. The maximum Gasteiger partial charge on any atom is 0.247 e. The highest BCUT2D eigenvalue weighted by Crippen LogP contribution is 2.61. The van der Waals surface area contributed by atoms with Crippen molar-refractivity contribution in [1.29, 1.82) is 0 Å². The van der Waals surface area contributed by atoms with Gasteiger partial charge in [0.25, 0.3) is 0 Å². The molecule has 300 valence electrons. The Morgan fingerprint density at radius 1 is 0.557 bits per heavy atom. The fraction of sp³-hybridized carbons (Fsp3) is 0.191. The van der Waals surface area contributed by atoms with Crippen molar-refractivity contribution in [2.24, 2.45) is 0 Å². The molecule has 4 N–H and O–H groups in total. The molecule has 2 aliphatic carbocycles. The van der Waals surface area contributed by atoms with Crippen LogP contribution in [0.5, 0.6) is 0 Å². The number of amides is 2. The molecule has 0 saturated heterocycles. The number of ketones is 2. The summed E-state index contributed by atoms with van der Waals surface area (Å²) >= 11 is 13.4. The Morgan fingerprint density at radius 2 is 0.967 bits per heavy atom. The zero-order chi connectivity index (χ0) is 41.7. The molecule has 0 saturated carbocycles. The van der Waals surface area contributed by atoms with Crippen LogP contribution in [0.3, 0.4) is 0 Å². The van der Waals surface area contributed by atoms with Crippen LogP contribution in [-0.4, -0.2) is 56.9 Å². The molecule has 0 bridgehead atoms. The van der Waals surface area contributed by atoms with Crippen LogP contribution >= 0.6 is 23.2 Å². The molecule has 2 amide bonds. The van der Waals surface area contributed by atoms with Crippen molar-refractivity contribution in [2.45, 2.75) is 43.9 Å². The van der Waals surface area contributed by atoms with Crippen LogP contribution in [0.4, 0.5) is 23.0 Å². The fourth-order valence-corrected chi connectivity index (χ4v) is 11.4.